The molecule has 0 aliphatic heterocycles. The number of hydrogen-bond acceptors (Lipinski definition) is 5. The maximum absolute atomic E-state index is 12.2. The lowest BCUT2D eigenvalue weighted by atomic mass is 10.4. The van der Waals surface area contributed by atoms with Gasteiger partial charge in [-0.25, -0.2) is 14.2 Å². The van der Waals surface area contributed by atoms with Crippen molar-refractivity contribution in [2.45, 2.75) is 4.90 Å². The van der Waals surface area contributed by atoms with Crippen LogP contribution >= 0.6 is 34.8 Å². The van der Waals surface area contributed by atoms with Crippen LogP contribution in [0.2, 0.25) is 15.1 Å². The van der Waals surface area contributed by atoms with E-state index in [9.17, 15) is 18.0 Å². The molecule has 0 aliphatic carbocycles. The van der Waals surface area contributed by atoms with E-state index in [0.717, 1.165) is 19.2 Å². The molecule has 0 aliphatic rings. The van der Waals surface area contributed by atoms with Gasteiger partial charge >= 0.3 is 21.5 Å². The van der Waals surface area contributed by atoms with Crippen LogP contribution in [0.5, 0.6) is 0 Å². The van der Waals surface area contributed by atoms with Gasteiger partial charge in [-0.3, -0.25) is 0 Å². The zero-order chi connectivity index (χ0) is 15.2. The monoisotopic (exact) mass is 358 g/mol. The van der Waals surface area contributed by atoms with Crippen LogP contribution in [0.1, 0.15) is 0 Å². The summed E-state index contributed by atoms with van der Waals surface area (Å²) < 4.78 is 29.3. The van der Waals surface area contributed by atoms with E-state index >= 15 is 0 Å². The Bertz CT molecular complexity index is 909. The van der Waals surface area contributed by atoms with Gasteiger partial charge in [0.25, 0.3) is 0 Å². The topological polar surface area (TPSA) is 91.3 Å². The van der Waals surface area contributed by atoms with E-state index in [0.29, 0.717) is 4.57 Å². The van der Waals surface area contributed by atoms with E-state index in [-0.39, 0.29) is 19.2 Å². The highest BCUT2D eigenvalue weighted by molar-refractivity contribution is 7.89. The highest BCUT2D eigenvalue weighted by Crippen LogP contribution is 2.32. The molecule has 2 aromatic rings. The number of halogens is 3. The summed E-state index contributed by atoms with van der Waals surface area (Å²) >= 11 is 17.2. The molecular formula is C9H5Cl3N2O5S. The van der Waals surface area contributed by atoms with E-state index in [2.05, 4.69) is 4.52 Å². The summed E-state index contributed by atoms with van der Waals surface area (Å²) in [5, 5.41) is -0.309. The van der Waals surface area contributed by atoms with Crippen molar-refractivity contribution < 1.29 is 12.9 Å². The van der Waals surface area contributed by atoms with Gasteiger partial charge in [0, 0.05) is 7.05 Å². The van der Waals surface area contributed by atoms with E-state index in [1.807, 2.05) is 0 Å². The van der Waals surface area contributed by atoms with Crippen molar-refractivity contribution in [3.05, 3.63) is 48.2 Å². The van der Waals surface area contributed by atoms with Gasteiger partial charge in [0.2, 0.25) is 0 Å². The van der Waals surface area contributed by atoms with Gasteiger partial charge in [-0.2, -0.15) is 8.42 Å². The minimum absolute atomic E-state index is 0.0393. The molecule has 108 valence electrons. The summed E-state index contributed by atoms with van der Waals surface area (Å²) in [7, 11) is -3.43. The normalized spacial score (nSPS) is 11.8. The van der Waals surface area contributed by atoms with Crippen molar-refractivity contribution in [1.82, 2.24) is 8.71 Å². The molecule has 0 fully saturated rings. The van der Waals surface area contributed by atoms with E-state index in [4.69, 9.17) is 34.8 Å². The van der Waals surface area contributed by atoms with Gasteiger partial charge < -0.3 is 4.52 Å². The average molecular weight is 360 g/mol. The second-order valence-corrected chi connectivity index (χ2v) is 6.57. The van der Waals surface area contributed by atoms with Crippen LogP contribution < -0.4 is 11.4 Å². The Morgan fingerprint density at radius 2 is 1.60 bits per heavy atom. The molecule has 0 radical (unpaired) electrons. The average Bonchev–Trinajstić information content (AvgIpc) is 2.62. The second kappa shape index (κ2) is 4.96. The lowest BCUT2D eigenvalue weighted by Gasteiger charge is -2.06. The number of aromatic nitrogens is 2. The maximum atomic E-state index is 12.2. The minimum atomic E-state index is -4.50. The van der Waals surface area contributed by atoms with Crippen molar-refractivity contribution >= 4 is 44.8 Å². The SMILES string of the molecule is Cn1c(=O)on(S(=O)(=O)c2cc(Cl)c(Cl)cc2Cl)c1=O. The Morgan fingerprint density at radius 1 is 1.05 bits per heavy atom. The summed E-state index contributed by atoms with van der Waals surface area (Å²) in [6.45, 7) is 0. The molecule has 1 aromatic heterocycles. The first-order valence-electron chi connectivity index (χ1n) is 4.85. The molecular weight excluding hydrogens is 355 g/mol. The van der Waals surface area contributed by atoms with Crippen molar-refractivity contribution in [3.63, 3.8) is 0 Å². The quantitative estimate of drug-likeness (QED) is 0.755. The van der Waals surface area contributed by atoms with Crippen molar-refractivity contribution in [3.8, 4) is 0 Å². The number of hydrogen-bond donors (Lipinski definition) is 0. The zero-order valence-electron chi connectivity index (χ0n) is 9.63. The summed E-state index contributed by atoms with van der Waals surface area (Å²) in [5.41, 5.74) is -1.17. The van der Waals surface area contributed by atoms with Gasteiger partial charge in [0.15, 0.2) is 0 Å². The molecule has 0 spiro atoms. The third-order valence-electron chi connectivity index (χ3n) is 2.35. The maximum Gasteiger partial charge on any atom is 0.443 e. The van der Waals surface area contributed by atoms with Crippen LogP contribution in [0, 0.1) is 0 Å². The van der Waals surface area contributed by atoms with E-state index < -0.39 is 26.4 Å². The fourth-order valence-electron chi connectivity index (χ4n) is 1.31. The summed E-state index contributed by atoms with van der Waals surface area (Å²) in [6, 6.07) is 2.06. The predicted molar refractivity (Wildman–Crippen MR) is 72.3 cm³/mol. The van der Waals surface area contributed by atoms with Crippen LogP contribution in [-0.4, -0.2) is 17.1 Å². The summed E-state index contributed by atoms with van der Waals surface area (Å²) in [5.74, 6) is -1.13. The Hall–Kier alpha value is -1.22. The molecule has 7 nitrogen and oxygen atoms in total. The van der Waals surface area contributed by atoms with Crippen molar-refractivity contribution in [1.29, 1.82) is 0 Å². The third-order valence-corrected chi connectivity index (χ3v) is 5.06. The van der Waals surface area contributed by atoms with E-state index in [1.165, 1.54) is 0 Å². The Morgan fingerprint density at radius 3 is 2.10 bits per heavy atom. The van der Waals surface area contributed by atoms with Crippen LogP contribution in [0.25, 0.3) is 0 Å². The molecule has 0 atom stereocenters. The Kier molecular flexibility index (Phi) is 3.76. The van der Waals surface area contributed by atoms with Crippen molar-refractivity contribution in [2.24, 2.45) is 7.05 Å². The molecule has 11 heteroatoms. The van der Waals surface area contributed by atoms with Crippen LogP contribution in [0.3, 0.4) is 0 Å². The first-order chi connectivity index (χ1) is 9.16. The van der Waals surface area contributed by atoms with Crippen LogP contribution in [0.15, 0.2) is 31.1 Å². The first kappa shape index (κ1) is 15.2. The largest absolute Gasteiger partial charge is 0.443 e. The second-order valence-electron chi connectivity index (χ2n) is 3.63. The third kappa shape index (κ3) is 2.28. The van der Waals surface area contributed by atoms with Crippen molar-refractivity contribution in [2.75, 3.05) is 0 Å². The molecule has 0 amide bonds. The molecule has 1 heterocycles. The molecule has 2 rings (SSSR count). The lowest BCUT2D eigenvalue weighted by Crippen LogP contribution is -2.29. The van der Waals surface area contributed by atoms with Gasteiger partial charge in [-0.1, -0.05) is 34.8 Å². The standard InChI is InChI=1S/C9H5Cl3N2O5S/c1-13-8(15)14(19-9(13)16)20(17,18)7-3-5(11)4(10)2-6(7)12/h2-3H,1H3. The predicted octanol–water partition coefficient (Wildman–Crippen LogP) is 1.34. The number of benzene rings is 1. The molecule has 0 bridgehead atoms. The van der Waals surface area contributed by atoms with Crippen LogP contribution in [-0.2, 0) is 17.1 Å². The first-order valence-corrected chi connectivity index (χ1v) is 7.43. The molecule has 20 heavy (non-hydrogen) atoms. The van der Waals surface area contributed by atoms with Gasteiger partial charge in [0.1, 0.15) is 4.90 Å². The van der Waals surface area contributed by atoms with E-state index in [1.54, 1.807) is 0 Å². The molecule has 0 N–H and O–H groups in total. The smallest absolute Gasteiger partial charge is 0.301 e. The van der Waals surface area contributed by atoms with Crippen LogP contribution in [0.4, 0.5) is 0 Å². The fraction of sp³-hybridized carbons (Fsp3) is 0.111. The molecule has 1 aromatic carbocycles. The zero-order valence-corrected chi connectivity index (χ0v) is 12.7. The lowest BCUT2D eigenvalue weighted by molar-refractivity contribution is 0.331. The Labute approximate surface area is 126 Å². The number of nitrogens with zero attached hydrogens (tertiary/aromatic N) is 2. The highest BCUT2D eigenvalue weighted by Gasteiger charge is 2.27. The van der Waals surface area contributed by atoms with Gasteiger partial charge in [0.05, 0.1) is 15.1 Å². The number of rotatable bonds is 2. The fourth-order valence-corrected chi connectivity index (χ4v) is 3.46. The molecule has 0 unspecified atom stereocenters. The van der Waals surface area contributed by atoms with Gasteiger partial charge in [-0.05, 0) is 16.3 Å². The minimum Gasteiger partial charge on any atom is -0.301 e. The highest BCUT2D eigenvalue weighted by atomic mass is 35.5. The molecule has 0 saturated carbocycles. The summed E-state index contributed by atoms with van der Waals surface area (Å²) in [4.78, 5) is 22.3. The Balaban J connectivity index is 2.80. The summed E-state index contributed by atoms with van der Waals surface area (Å²) in [6.07, 6.45) is 0. The van der Waals surface area contributed by atoms with Gasteiger partial charge in [-0.15, -0.1) is 0 Å². The molecule has 0 saturated heterocycles.